The summed E-state index contributed by atoms with van der Waals surface area (Å²) in [5.41, 5.74) is 1.12. The monoisotopic (exact) mass is 750 g/mol. The maximum atomic E-state index is 15.3. The van der Waals surface area contributed by atoms with E-state index in [1.807, 2.05) is 13.8 Å². The zero-order chi connectivity index (χ0) is 33.6. The number of anilines is 2. The average Bonchev–Trinajstić information content (AvgIpc) is 3.33. The zero-order valence-corrected chi connectivity index (χ0v) is 29.0. The van der Waals surface area contributed by atoms with E-state index in [1.165, 1.54) is 22.9 Å². The van der Waals surface area contributed by atoms with Gasteiger partial charge in [-0.15, -0.1) is 0 Å². The maximum Gasteiger partial charge on any atom is 0.338 e. The molecule has 1 atom stereocenters. The molecule has 0 aliphatic rings. The molecule has 0 fully saturated rings. The number of esters is 1. The maximum absolute atomic E-state index is 15.3. The summed E-state index contributed by atoms with van der Waals surface area (Å²) in [5.74, 6) is -0.966. The number of amides is 1. The lowest BCUT2D eigenvalue weighted by molar-refractivity contribution is -0.384. The van der Waals surface area contributed by atoms with Crippen LogP contribution in [0.15, 0.2) is 71.2 Å². The number of ether oxygens (including phenoxy) is 1. The highest BCUT2D eigenvalue weighted by molar-refractivity contribution is 9.10. The van der Waals surface area contributed by atoms with Crippen LogP contribution in [0.2, 0.25) is 10.0 Å². The number of aromatic nitrogens is 2. The van der Waals surface area contributed by atoms with Gasteiger partial charge in [0.1, 0.15) is 17.7 Å². The fourth-order valence-electron chi connectivity index (χ4n) is 4.66. The van der Waals surface area contributed by atoms with Gasteiger partial charge in [0, 0.05) is 45.3 Å². The third-order valence-corrected chi connectivity index (χ3v) is 11.1. The molecule has 2 N–H and O–H groups in total. The molecule has 46 heavy (non-hydrogen) atoms. The molecule has 0 aliphatic heterocycles. The topological polar surface area (TPSA) is 149 Å². The van der Waals surface area contributed by atoms with Crippen molar-refractivity contribution in [2.45, 2.75) is 27.3 Å². The molecule has 1 aromatic heterocycles. The van der Waals surface area contributed by atoms with Gasteiger partial charge in [0.25, 0.3) is 19.0 Å². The molecule has 0 radical (unpaired) electrons. The summed E-state index contributed by atoms with van der Waals surface area (Å²) < 4.78 is 24.2. The number of benzene rings is 3. The number of carbonyl (C=O) groups excluding carboxylic acids is 2. The standard InChI is InChI=1S/C30H30BrCl2N6O6P/c1-4-37(5-2)46(44,36-26-15-14-24(39(42)43)18-25(26)31)27-19(3)35-38(16-17-45-30(41)21-8-12-23(33)13-9-21)28(27)34-29(40)20-6-10-22(32)11-7-20/h6-15,18H,4-5,16-17H2,1-3H3,(H,34,40)(H,36,44). The Kier molecular flexibility index (Phi) is 11.6. The first kappa shape index (κ1) is 35.1. The van der Waals surface area contributed by atoms with Gasteiger partial charge in [-0.25, -0.2) is 14.1 Å². The van der Waals surface area contributed by atoms with E-state index in [0.717, 1.165) is 0 Å². The molecule has 1 heterocycles. The van der Waals surface area contributed by atoms with Crippen LogP contribution in [0.5, 0.6) is 0 Å². The highest BCUT2D eigenvalue weighted by Gasteiger charge is 2.39. The summed E-state index contributed by atoms with van der Waals surface area (Å²) in [7, 11) is -3.84. The van der Waals surface area contributed by atoms with E-state index in [-0.39, 0.29) is 30.0 Å². The number of hydrogen-bond donors (Lipinski definition) is 2. The van der Waals surface area contributed by atoms with Crippen molar-refractivity contribution >= 4 is 80.9 Å². The molecular formula is C30H30BrCl2N6O6P. The van der Waals surface area contributed by atoms with Crippen molar-refractivity contribution in [2.75, 3.05) is 30.1 Å². The lowest BCUT2D eigenvalue weighted by Gasteiger charge is -2.32. The van der Waals surface area contributed by atoms with Crippen LogP contribution in [0.3, 0.4) is 0 Å². The second-order valence-electron chi connectivity index (χ2n) is 9.86. The van der Waals surface area contributed by atoms with Gasteiger partial charge in [0.15, 0.2) is 0 Å². The highest BCUT2D eigenvalue weighted by Crippen LogP contribution is 2.52. The molecule has 3 aromatic carbocycles. The van der Waals surface area contributed by atoms with Gasteiger partial charge >= 0.3 is 5.97 Å². The molecular weight excluding hydrogens is 722 g/mol. The Bertz CT molecular complexity index is 1800. The SMILES string of the molecule is CCN(CC)P(=O)(Nc1ccc([N+](=O)[O-])cc1Br)c1c(C)nn(CCOC(=O)c2ccc(Cl)cc2)c1NC(=O)c1ccc(Cl)cc1. The molecule has 0 bridgehead atoms. The largest absolute Gasteiger partial charge is 0.460 e. The van der Waals surface area contributed by atoms with Crippen LogP contribution >= 0.6 is 46.6 Å². The minimum Gasteiger partial charge on any atom is -0.460 e. The first-order valence-corrected chi connectivity index (χ1v) is 17.2. The number of non-ortho nitro benzene ring substituents is 1. The van der Waals surface area contributed by atoms with E-state index in [0.29, 0.717) is 50.1 Å². The molecule has 12 nitrogen and oxygen atoms in total. The van der Waals surface area contributed by atoms with Gasteiger partial charge in [-0.1, -0.05) is 37.0 Å². The lowest BCUT2D eigenvalue weighted by Crippen LogP contribution is -2.33. The Labute approximate surface area is 283 Å². The van der Waals surface area contributed by atoms with Gasteiger partial charge in [0.05, 0.1) is 28.4 Å². The number of carbonyl (C=O) groups is 2. The predicted molar refractivity (Wildman–Crippen MR) is 183 cm³/mol. The number of nitrogens with zero attached hydrogens (tertiary/aromatic N) is 4. The van der Waals surface area contributed by atoms with E-state index in [2.05, 4.69) is 31.4 Å². The first-order valence-electron chi connectivity index (χ1n) is 14.0. The number of halogens is 3. The molecule has 242 valence electrons. The van der Waals surface area contributed by atoms with Gasteiger partial charge in [-0.2, -0.15) is 5.10 Å². The molecule has 1 amide bonds. The second kappa shape index (κ2) is 15.2. The van der Waals surface area contributed by atoms with Crippen LogP contribution in [0.25, 0.3) is 0 Å². The summed E-state index contributed by atoms with van der Waals surface area (Å²) >= 11 is 15.3. The molecule has 4 rings (SSSR count). The van der Waals surface area contributed by atoms with Crippen LogP contribution in [0.4, 0.5) is 17.2 Å². The Hall–Kier alpha value is -3.74. The van der Waals surface area contributed by atoms with E-state index < -0.39 is 24.2 Å². The number of nitro groups is 1. The quantitative estimate of drug-likeness (QED) is 0.0611. The Balaban J connectivity index is 1.77. The number of nitrogens with one attached hydrogen (secondary N) is 2. The predicted octanol–water partition coefficient (Wildman–Crippen LogP) is 7.55. The summed E-state index contributed by atoms with van der Waals surface area (Å²) in [6, 6.07) is 16.6. The second-order valence-corrected chi connectivity index (χ2v) is 14.0. The van der Waals surface area contributed by atoms with E-state index in [4.69, 9.17) is 27.9 Å². The minimum atomic E-state index is -3.84. The Morgan fingerprint density at radius 2 is 1.61 bits per heavy atom. The van der Waals surface area contributed by atoms with Crippen LogP contribution in [0.1, 0.15) is 40.3 Å². The first-order chi connectivity index (χ1) is 21.9. The van der Waals surface area contributed by atoms with E-state index in [9.17, 15) is 19.7 Å². The summed E-state index contributed by atoms with van der Waals surface area (Å²) in [4.78, 5) is 36.9. The van der Waals surface area contributed by atoms with Crippen molar-refractivity contribution in [3.05, 3.63) is 108 Å². The van der Waals surface area contributed by atoms with Gasteiger partial charge in [-0.3, -0.25) is 19.5 Å². The third kappa shape index (κ3) is 7.97. The summed E-state index contributed by atoms with van der Waals surface area (Å²) in [6.45, 7) is 5.92. The minimum absolute atomic E-state index is 0.00980. The van der Waals surface area contributed by atoms with Crippen molar-refractivity contribution in [1.82, 2.24) is 14.5 Å². The van der Waals surface area contributed by atoms with Crippen molar-refractivity contribution < 1.29 is 23.8 Å². The third-order valence-electron chi connectivity index (χ3n) is 6.92. The van der Waals surface area contributed by atoms with Crippen molar-refractivity contribution in [1.29, 1.82) is 0 Å². The van der Waals surface area contributed by atoms with Gasteiger partial charge in [-0.05, 0) is 77.5 Å². The van der Waals surface area contributed by atoms with Crippen molar-refractivity contribution in [3.63, 3.8) is 0 Å². The zero-order valence-electron chi connectivity index (χ0n) is 25.0. The highest BCUT2D eigenvalue weighted by atomic mass is 79.9. The molecule has 16 heteroatoms. The number of rotatable bonds is 13. The van der Waals surface area contributed by atoms with Crippen LogP contribution in [-0.2, 0) is 15.8 Å². The van der Waals surface area contributed by atoms with Gasteiger partial charge in [0.2, 0.25) is 0 Å². The van der Waals surface area contributed by atoms with E-state index in [1.54, 1.807) is 60.1 Å². The van der Waals surface area contributed by atoms with Crippen molar-refractivity contribution in [3.8, 4) is 0 Å². The van der Waals surface area contributed by atoms with Crippen LogP contribution in [-0.4, -0.2) is 50.9 Å². The summed E-state index contributed by atoms with van der Waals surface area (Å²) in [5, 5.41) is 23.1. The Morgan fingerprint density at radius 3 is 2.15 bits per heavy atom. The lowest BCUT2D eigenvalue weighted by atomic mass is 10.2. The smallest absolute Gasteiger partial charge is 0.338 e. The fourth-order valence-corrected chi connectivity index (χ4v) is 8.32. The normalized spacial score (nSPS) is 12.4. The van der Waals surface area contributed by atoms with Crippen LogP contribution < -0.4 is 15.7 Å². The molecule has 0 aliphatic carbocycles. The van der Waals surface area contributed by atoms with Gasteiger partial charge < -0.3 is 15.1 Å². The fraction of sp³-hybridized carbons (Fsp3) is 0.233. The number of nitro benzene ring substituents is 1. The molecule has 4 aromatic rings. The van der Waals surface area contributed by atoms with Crippen LogP contribution in [0, 0.1) is 17.0 Å². The average molecular weight is 752 g/mol. The number of aryl methyl sites for hydroxylation is 1. The van der Waals surface area contributed by atoms with Crippen molar-refractivity contribution in [2.24, 2.45) is 0 Å². The van der Waals surface area contributed by atoms with E-state index >= 15 is 4.57 Å². The summed E-state index contributed by atoms with van der Waals surface area (Å²) in [6.07, 6.45) is 0. The Morgan fingerprint density at radius 1 is 1.02 bits per heavy atom. The molecule has 0 saturated carbocycles. The molecule has 0 saturated heterocycles. The number of hydrogen-bond acceptors (Lipinski definition) is 7. The molecule has 1 unspecified atom stereocenters. The molecule has 0 spiro atoms.